The topological polar surface area (TPSA) is 50.8 Å². The maximum absolute atomic E-state index is 8.65. The van der Waals surface area contributed by atoms with Crippen molar-refractivity contribution in [3.63, 3.8) is 0 Å². The number of hydrogen-bond acceptors (Lipinski definition) is 3. The van der Waals surface area contributed by atoms with Crippen molar-refractivity contribution in [2.75, 3.05) is 13.7 Å². The van der Waals surface area contributed by atoms with Gasteiger partial charge in [0, 0.05) is 7.11 Å². The van der Waals surface area contributed by atoms with Crippen molar-refractivity contribution < 1.29 is 4.74 Å². The lowest BCUT2D eigenvalue weighted by Crippen LogP contribution is -2.07. The molecule has 0 saturated heterocycles. The molecule has 0 spiro atoms. The molecule has 0 fully saturated rings. The molecule has 0 aliphatic rings. The Morgan fingerprint density at radius 1 is 1.83 bits per heavy atom. The predicted octanol–water partition coefficient (Wildman–Crippen LogP) is 1.05. The molecule has 0 N–H and O–H groups in total. The number of nitrogens with zero attached hydrogens (tertiary/aromatic N) is 3. The van der Waals surface area contributed by atoms with Gasteiger partial charge in [-0.3, -0.25) is 4.68 Å². The van der Waals surface area contributed by atoms with Crippen LogP contribution in [0.2, 0.25) is 5.02 Å². The van der Waals surface area contributed by atoms with Crippen LogP contribution in [0.4, 0.5) is 0 Å². The largest absolute Gasteiger partial charge is 0.383 e. The number of aromatic nitrogens is 2. The first-order valence-electron chi connectivity index (χ1n) is 3.40. The average molecular weight is 186 g/mol. The zero-order valence-corrected chi connectivity index (χ0v) is 7.38. The molecular formula is C7H8ClN3O. The second kappa shape index (κ2) is 4.10. The summed E-state index contributed by atoms with van der Waals surface area (Å²) in [5.41, 5.74) is 0.383. The summed E-state index contributed by atoms with van der Waals surface area (Å²) in [5, 5.41) is 12.9. The van der Waals surface area contributed by atoms with Gasteiger partial charge in [0.15, 0.2) is 5.69 Å². The summed E-state index contributed by atoms with van der Waals surface area (Å²) in [6.07, 6.45) is 1.45. The van der Waals surface area contributed by atoms with Gasteiger partial charge in [-0.2, -0.15) is 10.4 Å². The molecule has 0 saturated carbocycles. The first-order chi connectivity index (χ1) is 5.79. The highest BCUT2D eigenvalue weighted by molar-refractivity contribution is 6.31. The van der Waals surface area contributed by atoms with Crippen LogP contribution in [-0.4, -0.2) is 23.5 Å². The Labute approximate surface area is 75.3 Å². The molecule has 0 radical (unpaired) electrons. The highest BCUT2D eigenvalue weighted by Crippen LogP contribution is 2.12. The summed E-state index contributed by atoms with van der Waals surface area (Å²) in [6.45, 7) is 1.07. The third-order valence-corrected chi connectivity index (χ3v) is 1.68. The van der Waals surface area contributed by atoms with E-state index in [1.807, 2.05) is 6.07 Å². The third kappa shape index (κ3) is 1.76. The molecule has 4 nitrogen and oxygen atoms in total. The van der Waals surface area contributed by atoms with Crippen LogP contribution in [0.3, 0.4) is 0 Å². The van der Waals surface area contributed by atoms with Gasteiger partial charge in [0.1, 0.15) is 6.07 Å². The molecule has 0 unspecified atom stereocenters. The summed E-state index contributed by atoms with van der Waals surface area (Å²) in [5.74, 6) is 0. The van der Waals surface area contributed by atoms with Gasteiger partial charge in [0.2, 0.25) is 0 Å². The van der Waals surface area contributed by atoms with Gasteiger partial charge in [-0.1, -0.05) is 11.6 Å². The van der Waals surface area contributed by atoms with Crippen molar-refractivity contribution in [2.24, 2.45) is 0 Å². The van der Waals surface area contributed by atoms with Gasteiger partial charge in [-0.15, -0.1) is 0 Å². The van der Waals surface area contributed by atoms with E-state index in [0.717, 1.165) is 0 Å². The second-order valence-corrected chi connectivity index (χ2v) is 2.58. The van der Waals surface area contributed by atoms with E-state index in [0.29, 0.717) is 23.9 Å². The molecule has 1 aromatic rings. The summed E-state index contributed by atoms with van der Waals surface area (Å²) >= 11 is 5.68. The number of rotatable bonds is 3. The van der Waals surface area contributed by atoms with Crippen molar-refractivity contribution in [2.45, 2.75) is 6.54 Å². The molecule has 12 heavy (non-hydrogen) atoms. The van der Waals surface area contributed by atoms with Crippen molar-refractivity contribution in [3.05, 3.63) is 16.9 Å². The molecule has 5 heteroatoms. The Morgan fingerprint density at radius 2 is 2.58 bits per heavy atom. The Kier molecular flexibility index (Phi) is 3.09. The van der Waals surface area contributed by atoms with Crippen LogP contribution in [0.1, 0.15) is 5.69 Å². The van der Waals surface area contributed by atoms with Crippen molar-refractivity contribution in [3.8, 4) is 6.07 Å². The van der Waals surface area contributed by atoms with Crippen molar-refractivity contribution in [1.29, 1.82) is 5.26 Å². The summed E-state index contributed by atoms with van der Waals surface area (Å²) < 4.78 is 6.36. The SMILES string of the molecule is COCCn1ncc(Cl)c1C#N. The van der Waals surface area contributed by atoms with Gasteiger partial charge in [0.05, 0.1) is 24.4 Å². The van der Waals surface area contributed by atoms with Crippen molar-refractivity contribution >= 4 is 11.6 Å². The normalized spacial score (nSPS) is 9.75. The van der Waals surface area contributed by atoms with Crippen LogP contribution in [0.5, 0.6) is 0 Å². The fourth-order valence-electron chi connectivity index (χ4n) is 0.821. The van der Waals surface area contributed by atoms with Gasteiger partial charge in [-0.05, 0) is 0 Å². The molecule has 0 aliphatic heterocycles. The van der Waals surface area contributed by atoms with E-state index in [1.165, 1.54) is 10.9 Å². The Bertz CT molecular complexity index is 302. The molecule has 1 rings (SSSR count). The maximum Gasteiger partial charge on any atom is 0.157 e. The third-order valence-electron chi connectivity index (χ3n) is 1.41. The highest BCUT2D eigenvalue weighted by atomic mass is 35.5. The van der Waals surface area contributed by atoms with Crippen LogP contribution in [-0.2, 0) is 11.3 Å². The van der Waals surface area contributed by atoms with Gasteiger partial charge < -0.3 is 4.74 Å². The predicted molar refractivity (Wildman–Crippen MR) is 43.8 cm³/mol. The zero-order chi connectivity index (χ0) is 8.97. The van der Waals surface area contributed by atoms with E-state index >= 15 is 0 Å². The fourth-order valence-corrected chi connectivity index (χ4v) is 1.00. The molecule has 0 aromatic carbocycles. The first kappa shape index (κ1) is 9.04. The average Bonchev–Trinajstić information content (AvgIpc) is 2.43. The van der Waals surface area contributed by atoms with Gasteiger partial charge in [-0.25, -0.2) is 0 Å². The Hall–Kier alpha value is -1.05. The quantitative estimate of drug-likeness (QED) is 0.708. The highest BCUT2D eigenvalue weighted by Gasteiger charge is 2.06. The van der Waals surface area contributed by atoms with Gasteiger partial charge >= 0.3 is 0 Å². The van der Waals surface area contributed by atoms with E-state index < -0.39 is 0 Å². The van der Waals surface area contributed by atoms with E-state index in [4.69, 9.17) is 21.6 Å². The summed E-state index contributed by atoms with van der Waals surface area (Å²) in [4.78, 5) is 0. The molecule has 0 atom stereocenters. The smallest absolute Gasteiger partial charge is 0.157 e. The van der Waals surface area contributed by atoms with Crippen LogP contribution >= 0.6 is 11.6 Å². The van der Waals surface area contributed by atoms with E-state index in [2.05, 4.69) is 5.10 Å². The van der Waals surface area contributed by atoms with Crippen LogP contribution in [0, 0.1) is 11.3 Å². The lowest BCUT2D eigenvalue weighted by Gasteiger charge is -2.00. The molecule has 0 aliphatic carbocycles. The van der Waals surface area contributed by atoms with Crippen LogP contribution in [0.15, 0.2) is 6.20 Å². The minimum atomic E-state index is 0.383. The Balaban J connectivity index is 2.79. The van der Waals surface area contributed by atoms with E-state index in [-0.39, 0.29) is 0 Å². The van der Waals surface area contributed by atoms with Gasteiger partial charge in [0.25, 0.3) is 0 Å². The lowest BCUT2D eigenvalue weighted by molar-refractivity contribution is 0.183. The molecule has 1 heterocycles. The Morgan fingerprint density at radius 3 is 3.17 bits per heavy atom. The second-order valence-electron chi connectivity index (χ2n) is 2.17. The zero-order valence-electron chi connectivity index (χ0n) is 6.62. The first-order valence-corrected chi connectivity index (χ1v) is 3.77. The maximum atomic E-state index is 8.65. The summed E-state index contributed by atoms with van der Waals surface area (Å²) in [7, 11) is 1.59. The number of nitriles is 1. The number of methoxy groups -OCH3 is 1. The number of hydrogen-bond donors (Lipinski definition) is 0. The lowest BCUT2D eigenvalue weighted by atomic mass is 10.4. The van der Waals surface area contributed by atoms with E-state index in [1.54, 1.807) is 7.11 Å². The molecule has 64 valence electrons. The monoisotopic (exact) mass is 185 g/mol. The summed E-state index contributed by atoms with van der Waals surface area (Å²) in [6, 6.07) is 1.97. The molecule has 0 bridgehead atoms. The van der Waals surface area contributed by atoms with Crippen molar-refractivity contribution in [1.82, 2.24) is 9.78 Å². The standard InChI is InChI=1S/C7H8ClN3O/c1-12-3-2-11-7(4-9)6(8)5-10-11/h5H,2-3H2,1H3. The van der Waals surface area contributed by atoms with Crippen LogP contribution < -0.4 is 0 Å². The molecule has 0 amide bonds. The van der Waals surface area contributed by atoms with Crippen LogP contribution in [0.25, 0.3) is 0 Å². The minimum absolute atomic E-state index is 0.383. The van der Waals surface area contributed by atoms with E-state index in [9.17, 15) is 0 Å². The molecule has 1 aromatic heterocycles. The minimum Gasteiger partial charge on any atom is -0.383 e. The fraction of sp³-hybridized carbons (Fsp3) is 0.429. The number of ether oxygens (including phenoxy) is 1. The number of halogens is 1. The molecular weight excluding hydrogens is 178 g/mol.